The summed E-state index contributed by atoms with van der Waals surface area (Å²) in [4.78, 5) is 12.4. The lowest BCUT2D eigenvalue weighted by Gasteiger charge is -2.16. The summed E-state index contributed by atoms with van der Waals surface area (Å²) in [5.74, 6) is 0.715. The van der Waals surface area contributed by atoms with Crippen LogP contribution in [0.2, 0.25) is 0 Å². The normalized spacial score (nSPS) is 11.8. The van der Waals surface area contributed by atoms with Crippen LogP contribution in [0.4, 0.5) is 0 Å². The predicted octanol–water partition coefficient (Wildman–Crippen LogP) is 4.26. The van der Waals surface area contributed by atoms with Crippen LogP contribution in [0.3, 0.4) is 0 Å². The lowest BCUT2D eigenvalue weighted by atomic mass is 10.1. The minimum Gasteiger partial charge on any atom is -0.497 e. The number of hydrogen-bond acceptors (Lipinski definition) is 2. The van der Waals surface area contributed by atoms with Crippen LogP contribution in [0.25, 0.3) is 0 Å². The summed E-state index contributed by atoms with van der Waals surface area (Å²) in [6.45, 7) is 3.93. The Kier molecular flexibility index (Phi) is 5.02. The van der Waals surface area contributed by atoms with Gasteiger partial charge < -0.3 is 10.1 Å². The highest BCUT2D eigenvalue weighted by Crippen LogP contribution is 2.22. The van der Waals surface area contributed by atoms with E-state index in [1.165, 1.54) is 0 Å². The van der Waals surface area contributed by atoms with Crippen molar-refractivity contribution in [2.24, 2.45) is 0 Å². The minimum absolute atomic E-state index is 0.0733. The molecule has 3 nitrogen and oxygen atoms in total. The summed E-state index contributed by atoms with van der Waals surface area (Å²) >= 11 is 3.47. The van der Waals surface area contributed by atoms with Gasteiger partial charge in [-0.1, -0.05) is 24.3 Å². The lowest BCUT2D eigenvalue weighted by molar-refractivity contribution is 0.0939. The predicted molar refractivity (Wildman–Crippen MR) is 87.8 cm³/mol. The van der Waals surface area contributed by atoms with Gasteiger partial charge in [0, 0.05) is 4.47 Å². The molecule has 0 aliphatic heterocycles. The van der Waals surface area contributed by atoms with Crippen LogP contribution in [0.5, 0.6) is 5.75 Å². The molecule has 0 radical (unpaired) electrons. The molecule has 0 heterocycles. The van der Waals surface area contributed by atoms with Crippen LogP contribution in [0.1, 0.15) is 34.5 Å². The van der Waals surface area contributed by atoms with E-state index >= 15 is 0 Å². The number of halogens is 1. The number of carbonyl (C=O) groups is 1. The van der Waals surface area contributed by atoms with Crippen LogP contribution in [0.15, 0.2) is 46.9 Å². The second kappa shape index (κ2) is 6.76. The third kappa shape index (κ3) is 3.64. The Labute approximate surface area is 133 Å². The largest absolute Gasteiger partial charge is 0.497 e. The Bertz CT molecular complexity index is 638. The van der Waals surface area contributed by atoms with E-state index in [0.29, 0.717) is 5.56 Å². The third-order valence-electron chi connectivity index (χ3n) is 3.40. The Morgan fingerprint density at radius 1 is 1.19 bits per heavy atom. The van der Waals surface area contributed by atoms with Crippen molar-refractivity contribution in [2.45, 2.75) is 19.9 Å². The van der Waals surface area contributed by atoms with Gasteiger partial charge in [0.15, 0.2) is 0 Å². The first-order chi connectivity index (χ1) is 10.0. The Balaban J connectivity index is 2.12. The summed E-state index contributed by atoms with van der Waals surface area (Å²) < 4.78 is 5.97. The molecule has 2 aromatic rings. The molecule has 1 amide bonds. The Morgan fingerprint density at radius 2 is 1.86 bits per heavy atom. The van der Waals surface area contributed by atoms with E-state index in [1.807, 2.05) is 56.3 Å². The van der Waals surface area contributed by atoms with Crippen LogP contribution in [-0.4, -0.2) is 13.0 Å². The SMILES string of the molecule is COc1ccc(C(C)NC(=O)c2cccc(C)c2Br)cc1. The molecule has 0 bridgehead atoms. The van der Waals surface area contributed by atoms with E-state index in [-0.39, 0.29) is 11.9 Å². The fourth-order valence-corrected chi connectivity index (χ4v) is 2.52. The quantitative estimate of drug-likeness (QED) is 0.897. The maximum Gasteiger partial charge on any atom is 0.252 e. The summed E-state index contributed by atoms with van der Waals surface area (Å²) in [6.07, 6.45) is 0. The molecular formula is C17H18BrNO2. The molecule has 110 valence electrons. The minimum atomic E-state index is -0.0890. The van der Waals surface area contributed by atoms with Crippen molar-refractivity contribution in [1.82, 2.24) is 5.32 Å². The molecule has 0 saturated heterocycles. The first-order valence-corrected chi connectivity index (χ1v) is 7.52. The number of ether oxygens (including phenoxy) is 1. The maximum absolute atomic E-state index is 12.4. The molecule has 0 fully saturated rings. The van der Waals surface area contributed by atoms with Crippen molar-refractivity contribution < 1.29 is 9.53 Å². The average molecular weight is 348 g/mol. The number of benzene rings is 2. The first kappa shape index (κ1) is 15.6. The monoisotopic (exact) mass is 347 g/mol. The van der Waals surface area contributed by atoms with E-state index < -0.39 is 0 Å². The van der Waals surface area contributed by atoms with Gasteiger partial charge in [-0.25, -0.2) is 0 Å². The van der Waals surface area contributed by atoms with Crippen LogP contribution < -0.4 is 10.1 Å². The third-order valence-corrected chi connectivity index (χ3v) is 4.45. The van der Waals surface area contributed by atoms with Gasteiger partial charge in [-0.2, -0.15) is 0 Å². The molecule has 0 aromatic heterocycles. The van der Waals surface area contributed by atoms with E-state index in [1.54, 1.807) is 7.11 Å². The maximum atomic E-state index is 12.4. The number of methoxy groups -OCH3 is 1. The highest BCUT2D eigenvalue weighted by Gasteiger charge is 2.14. The number of carbonyl (C=O) groups excluding carboxylic acids is 1. The topological polar surface area (TPSA) is 38.3 Å². The second-order valence-electron chi connectivity index (χ2n) is 4.90. The van der Waals surface area contributed by atoms with E-state index in [4.69, 9.17) is 4.74 Å². The summed E-state index contributed by atoms with van der Waals surface area (Å²) in [5, 5.41) is 3.01. The molecule has 1 N–H and O–H groups in total. The van der Waals surface area contributed by atoms with Gasteiger partial charge in [0.05, 0.1) is 18.7 Å². The van der Waals surface area contributed by atoms with E-state index in [2.05, 4.69) is 21.2 Å². The van der Waals surface area contributed by atoms with Crippen LogP contribution in [0, 0.1) is 6.92 Å². The van der Waals surface area contributed by atoms with Gasteiger partial charge in [-0.15, -0.1) is 0 Å². The fraction of sp³-hybridized carbons (Fsp3) is 0.235. The molecule has 2 aromatic carbocycles. The molecule has 2 rings (SSSR count). The zero-order chi connectivity index (χ0) is 15.4. The Morgan fingerprint density at radius 3 is 2.48 bits per heavy atom. The van der Waals surface area contributed by atoms with E-state index in [0.717, 1.165) is 21.3 Å². The van der Waals surface area contributed by atoms with Crippen LogP contribution >= 0.6 is 15.9 Å². The van der Waals surface area contributed by atoms with Crippen molar-refractivity contribution >= 4 is 21.8 Å². The highest BCUT2D eigenvalue weighted by molar-refractivity contribution is 9.10. The van der Waals surface area contributed by atoms with Crippen LogP contribution in [-0.2, 0) is 0 Å². The van der Waals surface area contributed by atoms with Crippen molar-refractivity contribution in [2.75, 3.05) is 7.11 Å². The van der Waals surface area contributed by atoms with Crippen molar-refractivity contribution in [3.05, 3.63) is 63.6 Å². The number of hydrogen-bond donors (Lipinski definition) is 1. The molecule has 4 heteroatoms. The Hall–Kier alpha value is -1.81. The fourth-order valence-electron chi connectivity index (χ4n) is 2.07. The molecule has 1 atom stereocenters. The van der Waals surface area contributed by atoms with Gasteiger partial charge in [0.2, 0.25) is 0 Å². The van der Waals surface area contributed by atoms with Gasteiger partial charge in [0.1, 0.15) is 5.75 Å². The van der Waals surface area contributed by atoms with Crippen molar-refractivity contribution in [1.29, 1.82) is 0 Å². The zero-order valence-electron chi connectivity index (χ0n) is 12.3. The average Bonchev–Trinajstić information content (AvgIpc) is 2.50. The molecular weight excluding hydrogens is 330 g/mol. The number of aryl methyl sites for hydroxylation is 1. The second-order valence-corrected chi connectivity index (χ2v) is 5.70. The number of rotatable bonds is 4. The zero-order valence-corrected chi connectivity index (χ0v) is 13.9. The molecule has 1 unspecified atom stereocenters. The van der Waals surface area contributed by atoms with Gasteiger partial charge >= 0.3 is 0 Å². The van der Waals surface area contributed by atoms with Gasteiger partial charge in [0.25, 0.3) is 5.91 Å². The molecule has 0 saturated carbocycles. The summed E-state index contributed by atoms with van der Waals surface area (Å²) in [7, 11) is 1.63. The number of amides is 1. The summed E-state index contributed by atoms with van der Waals surface area (Å²) in [6, 6.07) is 13.3. The van der Waals surface area contributed by atoms with Crippen molar-refractivity contribution in [3.63, 3.8) is 0 Å². The first-order valence-electron chi connectivity index (χ1n) is 6.73. The van der Waals surface area contributed by atoms with Gasteiger partial charge in [-0.3, -0.25) is 4.79 Å². The standard InChI is InChI=1S/C17H18BrNO2/c1-11-5-4-6-15(16(11)18)17(20)19-12(2)13-7-9-14(21-3)10-8-13/h4-10,12H,1-3H3,(H,19,20). The molecule has 0 aliphatic carbocycles. The number of nitrogens with one attached hydrogen (secondary N) is 1. The van der Waals surface area contributed by atoms with E-state index in [9.17, 15) is 4.79 Å². The molecule has 0 aliphatic rings. The smallest absolute Gasteiger partial charge is 0.252 e. The summed E-state index contributed by atoms with van der Waals surface area (Å²) in [5.41, 5.74) is 2.73. The highest BCUT2D eigenvalue weighted by atomic mass is 79.9. The van der Waals surface area contributed by atoms with Crippen molar-refractivity contribution in [3.8, 4) is 5.75 Å². The van der Waals surface area contributed by atoms with Gasteiger partial charge in [-0.05, 0) is 59.1 Å². The lowest BCUT2D eigenvalue weighted by Crippen LogP contribution is -2.27. The molecule has 21 heavy (non-hydrogen) atoms. The molecule has 0 spiro atoms.